The van der Waals surface area contributed by atoms with Crippen molar-refractivity contribution in [3.8, 4) is 0 Å². The number of nitrogens with zero attached hydrogens (tertiary/aromatic N) is 1. The molecule has 1 aliphatic heterocycles. The Morgan fingerprint density at radius 3 is 2.05 bits per heavy atom. The monoisotopic (exact) mass is 333 g/mol. The molecule has 2 N–H and O–H groups in total. The summed E-state index contributed by atoms with van der Waals surface area (Å²) in [6, 6.07) is 0.906. The largest absolute Gasteiger partial charge is 0.413 e. The number of hydrogen-bond acceptors (Lipinski definition) is 6. The lowest BCUT2D eigenvalue weighted by Gasteiger charge is -2.32. The van der Waals surface area contributed by atoms with Gasteiger partial charge in [0.15, 0.2) is 0 Å². The third-order valence-corrected chi connectivity index (χ3v) is 4.36. The molecule has 1 unspecified atom stereocenters. The molecule has 0 radical (unpaired) electrons. The number of hydrogen-bond donors (Lipinski definition) is 2. The van der Waals surface area contributed by atoms with Crippen molar-refractivity contribution in [2.45, 2.75) is 51.5 Å². The van der Waals surface area contributed by atoms with Crippen LogP contribution in [0.2, 0.25) is 0 Å². The summed E-state index contributed by atoms with van der Waals surface area (Å²) in [5.74, 6) is 0. The highest BCUT2D eigenvalue weighted by Gasteiger charge is 2.17. The lowest BCUT2D eigenvalue weighted by atomic mass is 9.98. The molecule has 122 valence electrons. The summed E-state index contributed by atoms with van der Waals surface area (Å²) >= 11 is 0. The first-order valence-electron chi connectivity index (χ1n) is 6.41. The Hall–Kier alpha value is -0.260. The van der Waals surface area contributed by atoms with Gasteiger partial charge in [-0.3, -0.25) is 9.11 Å². The fourth-order valence-corrected chi connectivity index (χ4v) is 2.93. The van der Waals surface area contributed by atoms with E-state index in [0.717, 1.165) is 6.04 Å². The zero-order valence-electron chi connectivity index (χ0n) is 11.7. The summed E-state index contributed by atoms with van der Waals surface area (Å²) < 4.78 is 55.6. The minimum atomic E-state index is -5.12. The van der Waals surface area contributed by atoms with Gasteiger partial charge >= 0.3 is 20.8 Å². The summed E-state index contributed by atoms with van der Waals surface area (Å²) in [5, 5.41) is 0. The molecule has 8 nitrogen and oxygen atoms in total. The van der Waals surface area contributed by atoms with Gasteiger partial charge < -0.3 is 4.90 Å². The Labute approximate surface area is 121 Å². The molecule has 0 bridgehead atoms. The van der Waals surface area contributed by atoms with Gasteiger partial charge in [-0.1, -0.05) is 26.2 Å². The second kappa shape index (κ2) is 8.90. The Morgan fingerprint density at radius 2 is 1.70 bits per heavy atom. The van der Waals surface area contributed by atoms with Crippen molar-refractivity contribution in [1.29, 1.82) is 0 Å². The fourth-order valence-electron chi connectivity index (χ4n) is 2.06. The molecule has 10 heteroatoms. The molecule has 1 saturated heterocycles. The lowest BCUT2D eigenvalue weighted by Crippen LogP contribution is -2.35. The molecule has 1 rings (SSSR count). The van der Waals surface area contributed by atoms with Crippen molar-refractivity contribution in [3.05, 3.63) is 0 Å². The molecular weight excluding hydrogens is 310 g/mol. The van der Waals surface area contributed by atoms with Crippen LogP contribution >= 0.6 is 0 Å². The molecule has 0 aromatic carbocycles. The van der Waals surface area contributed by atoms with Crippen LogP contribution in [0.4, 0.5) is 0 Å². The molecule has 0 aromatic heterocycles. The Balaban J connectivity index is 0.000000370. The van der Waals surface area contributed by atoms with Crippen molar-refractivity contribution in [1.82, 2.24) is 4.90 Å². The first-order valence-corrected chi connectivity index (χ1v) is 9.14. The molecule has 20 heavy (non-hydrogen) atoms. The number of piperidine rings is 1. The Bertz CT molecular complexity index is 430. The van der Waals surface area contributed by atoms with Crippen LogP contribution in [-0.2, 0) is 24.4 Å². The van der Waals surface area contributed by atoms with E-state index in [4.69, 9.17) is 9.11 Å². The molecule has 1 atom stereocenters. The normalized spacial score (nSPS) is 21.1. The van der Waals surface area contributed by atoms with E-state index in [9.17, 15) is 16.8 Å². The quantitative estimate of drug-likeness (QED) is 0.721. The van der Waals surface area contributed by atoms with Crippen LogP contribution in [-0.4, -0.2) is 50.5 Å². The smallest absolute Gasteiger partial charge is 0.303 e. The third-order valence-electron chi connectivity index (χ3n) is 2.98. The van der Waals surface area contributed by atoms with Gasteiger partial charge in [0, 0.05) is 6.04 Å². The van der Waals surface area contributed by atoms with Crippen LogP contribution in [0.1, 0.15) is 45.4 Å². The van der Waals surface area contributed by atoms with Crippen molar-refractivity contribution < 1.29 is 29.6 Å². The van der Waals surface area contributed by atoms with Gasteiger partial charge in [-0.05, 0) is 32.9 Å². The van der Waals surface area contributed by atoms with Crippen LogP contribution in [0.5, 0.6) is 0 Å². The van der Waals surface area contributed by atoms with Crippen LogP contribution in [0.25, 0.3) is 0 Å². The zero-order valence-corrected chi connectivity index (χ0v) is 13.4. The van der Waals surface area contributed by atoms with Gasteiger partial charge in [-0.2, -0.15) is 16.8 Å². The first kappa shape index (κ1) is 19.7. The average Bonchev–Trinajstić information content (AvgIpc) is 2.24. The van der Waals surface area contributed by atoms with E-state index in [2.05, 4.69) is 22.5 Å². The predicted molar refractivity (Wildman–Crippen MR) is 74.0 cm³/mol. The van der Waals surface area contributed by atoms with E-state index in [1.165, 1.54) is 45.1 Å². The third kappa shape index (κ3) is 11.6. The van der Waals surface area contributed by atoms with Gasteiger partial charge in [0.1, 0.15) is 0 Å². The second-order valence-corrected chi connectivity index (χ2v) is 6.95. The molecule has 1 fully saturated rings. The summed E-state index contributed by atoms with van der Waals surface area (Å²) in [4.78, 5) is 2.54. The van der Waals surface area contributed by atoms with Crippen LogP contribution in [0.3, 0.4) is 0 Å². The summed E-state index contributed by atoms with van der Waals surface area (Å²) in [7, 11) is -7.96. The molecule has 0 aromatic rings. The topological polar surface area (TPSA) is 121 Å². The number of rotatable bonds is 5. The highest BCUT2D eigenvalue weighted by atomic mass is 32.3. The molecule has 0 saturated carbocycles. The average molecular weight is 333 g/mol. The number of likely N-dealkylation sites (tertiary alicyclic amines) is 1. The lowest BCUT2D eigenvalue weighted by molar-refractivity contribution is 0.173. The van der Waals surface area contributed by atoms with Gasteiger partial charge in [0.05, 0.1) is 0 Å². The van der Waals surface area contributed by atoms with E-state index in [1.54, 1.807) is 0 Å². The summed E-state index contributed by atoms with van der Waals surface area (Å²) in [5.41, 5.74) is 0. The van der Waals surface area contributed by atoms with E-state index >= 15 is 0 Å². The van der Waals surface area contributed by atoms with E-state index < -0.39 is 20.8 Å². The highest BCUT2D eigenvalue weighted by molar-refractivity contribution is 7.94. The van der Waals surface area contributed by atoms with Crippen LogP contribution in [0.15, 0.2) is 0 Å². The van der Waals surface area contributed by atoms with Crippen LogP contribution in [0, 0.1) is 0 Å². The molecule has 0 amide bonds. The van der Waals surface area contributed by atoms with Crippen LogP contribution < -0.4 is 0 Å². The summed E-state index contributed by atoms with van der Waals surface area (Å²) in [6.07, 6.45) is 8.50. The van der Waals surface area contributed by atoms with Gasteiger partial charge in [-0.15, -0.1) is 3.63 Å². The first-order chi connectivity index (χ1) is 9.05. The van der Waals surface area contributed by atoms with Crippen molar-refractivity contribution >= 4 is 20.8 Å². The van der Waals surface area contributed by atoms with Crippen molar-refractivity contribution in [3.63, 3.8) is 0 Å². The molecule has 1 heterocycles. The molecular formula is C10H23NO7S2. The number of unbranched alkanes of at least 4 members (excludes halogenated alkanes) is 1. The van der Waals surface area contributed by atoms with Gasteiger partial charge in [0.25, 0.3) is 0 Å². The predicted octanol–water partition coefficient (Wildman–Crippen LogP) is 1.27. The summed E-state index contributed by atoms with van der Waals surface area (Å²) in [6.45, 7) is 3.61. The standard InChI is InChI=1S/C10H21N.H2O7S2/c1-3-4-7-10-8-5-6-9-11(10)2;1-8(2,3)7-9(4,5)6/h10H,3-9H2,1-2H3;(H,1,2,3)(H,4,5,6). The van der Waals surface area contributed by atoms with Gasteiger partial charge in [-0.25, -0.2) is 0 Å². The second-order valence-electron chi connectivity index (χ2n) is 4.70. The molecule has 0 aliphatic carbocycles. The maximum Gasteiger partial charge on any atom is 0.413 e. The molecule has 1 aliphatic rings. The van der Waals surface area contributed by atoms with E-state index in [1.807, 2.05) is 0 Å². The van der Waals surface area contributed by atoms with E-state index in [0.29, 0.717) is 0 Å². The van der Waals surface area contributed by atoms with Crippen molar-refractivity contribution in [2.24, 2.45) is 0 Å². The Morgan fingerprint density at radius 1 is 1.15 bits per heavy atom. The van der Waals surface area contributed by atoms with E-state index in [-0.39, 0.29) is 0 Å². The SMILES string of the molecule is CCCCC1CCCCN1C.O=S(=O)(O)OS(=O)(=O)O. The highest BCUT2D eigenvalue weighted by Crippen LogP contribution is 2.19. The zero-order chi connectivity index (χ0) is 15.8. The molecule has 0 spiro atoms. The Kier molecular flexibility index (Phi) is 8.79. The van der Waals surface area contributed by atoms with Crippen molar-refractivity contribution in [2.75, 3.05) is 13.6 Å². The van der Waals surface area contributed by atoms with Gasteiger partial charge in [0.2, 0.25) is 0 Å². The fraction of sp³-hybridized carbons (Fsp3) is 1.00. The minimum Gasteiger partial charge on any atom is -0.303 e. The maximum absolute atomic E-state index is 9.44. The maximum atomic E-state index is 9.44. The minimum absolute atomic E-state index is 0.906.